The molecular formula is C13H9F2NO4. The Morgan fingerprint density at radius 2 is 1.90 bits per heavy atom. The predicted octanol–water partition coefficient (Wildman–Crippen LogP) is 3.16. The Labute approximate surface area is 112 Å². The van der Waals surface area contributed by atoms with Gasteiger partial charge in [-0.2, -0.15) is 4.39 Å². The molecule has 0 unspecified atom stereocenters. The van der Waals surface area contributed by atoms with Crippen LogP contribution < -0.4 is 4.74 Å². The molecule has 0 spiro atoms. The van der Waals surface area contributed by atoms with E-state index in [0.717, 1.165) is 6.07 Å². The number of aliphatic hydroxyl groups is 1. The minimum absolute atomic E-state index is 0.0862. The summed E-state index contributed by atoms with van der Waals surface area (Å²) in [6.07, 6.45) is 0. The van der Waals surface area contributed by atoms with Crippen molar-refractivity contribution in [2.45, 2.75) is 6.61 Å². The quantitative estimate of drug-likeness (QED) is 0.690. The maximum absolute atomic E-state index is 13.4. The molecule has 2 rings (SSSR count). The lowest BCUT2D eigenvalue weighted by Gasteiger charge is -2.10. The van der Waals surface area contributed by atoms with Crippen molar-refractivity contribution in [2.24, 2.45) is 0 Å². The van der Waals surface area contributed by atoms with Crippen LogP contribution in [0.2, 0.25) is 0 Å². The molecule has 0 aromatic heterocycles. The molecule has 7 heteroatoms. The Balaban J connectivity index is 2.50. The number of nitro benzene ring substituents is 1. The lowest BCUT2D eigenvalue weighted by molar-refractivity contribution is -0.388. The molecular weight excluding hydrogens is 272 g/mol. The minimum Gasteiger partial charge on any atom is -0.450 e. The number of para-hydroxylation sites is 1. The summed E-state index contributed by atoms with van der Waals surface area (Å²) in [5, 5.41) is 19.9. The first-order valence-corrected chi connectivity index (χ1v) is 5.53. The first-order chi connectivity index (χ1) is 9.52. The number of halogens is 2. The fourth-order valence-corrected chi connectivity index (χ4v) is 1.65. The number of hydrogen-bond donors (Lipinski definition) is 1. The molecule has 0 saturated carbocycles. The molecule has 0 radical (unpaired) electrons. The topological polar surface area (TPSA) is 72.6 Å². The minimum atomic E-state index is -1.33. The molecule has 0 aliphatic rings. The van der Waals surface area contributed by atoms with Crippen LogP contribution in [0.25, 0.3) is 0 Å². The van der Waals surface area contributed by atoms with Crippen molar-refractivity contribution in [1.82, 2.24) is 0 Å². The Bertz CT molecular complexity index is 661. The number of nitrogens with zero attached hydrogens (tertiary/aromatic N) is 1. The molecule has 5 nitrogen and oxygen atoms in total. The molecule has 2 aromatic carbocycles. The van der Waals surface area contributed by atoms with Gasteiger partial charge >= 0.3 is 5.69 Å². The maximum atomic E-state index is 13.4. The van der Waals surface area contributed by atoms with E-state index in [-0.39, 0.29) is 12.4 Å². The second kappa shape index (κ2) is 5.62. The average molecular weight is 281 g/mol. The van der Waals surface area contributed by atoms with Gasteiger partial charge in [-0.25, -0.2) is 4.39 Å². The van der Waals surface area contributed by atoms with Crippen molar-refractivity contribution >= 4 is 5.69 Å². The van der Waals surface area contributed by atoms with Crippen LogP contribution in [0.5, 0.6) is 11.5 Å². The van der Waals surface area contributed by atoms with Crippen molar-refractivity contribution in [2.75, 3.05) is 0 Å². The van der Waals surface area contributed by atoms with Crippen LogP contribution in [0.4, 0.5) is 14.5 Å². The zero-order chi connectivity index (χ0) is 14.7. The molecule has 1 N–H and O–H groups in total. The van der Waals surface area contributed by atoms with Gasteiger partial charge in [-0.15, -0.1) is 0 Å². The highest BCUT2D eigenvalue weighted by atomic mass is 19.1. The third kappa shape index (κ3) is 2.72. The van der Waals surface area contributed by atoms with E-state index in [1.54, 1.807) is 12.1 Å². The maximum Gasteiger partial charge on any atom is 0.347 e. The summed E-state index contributed by atoms with van der Waals surface area (Å²) in [6.45, 7) is -0.373. The van der Waals surface area contributed by atoms with Gasteiger partial charge in [0.15, 0.2) is 0 Å². The number of aliphatic hydroxyl groups excluding tert-OH is 1. The molecule has 0 heterocycles. The lowest BCUT2D eigenvalue weighted by atomic mass is 10.2. The zero-order valence-electron chi connectivity index (χ0n) is 10.0. The molecule has 0 aliphatic carbocycles. The van der Waals surface area contributed by atoms with E-state index in [0.29, 0.717) is 11.6 Å². The smallest absolute Gasteiger partial charge is 0.347 e. The standard InChI is InChI=1S/C13H9F2NO4/c14-9-5-10(15)13(16(18)19)12(6-9)20-11-4-2-1-3-8(11)7-17/h1-6,17H,7H2. The first kappa shape index (κ1) is 13.9. The van der Waals surface area contributed by atoms with Crippen molar-refractivity contribution < 1.29 is 23.5 Å². The van der Waals surface area contributed by atoms with Gasteiger partial charge in [0.25, 0.3) is 0 Å². The molecule has 0 aliphatic heterocycles. The van der Waals surface area contributed by atoms with Gasteiger partial charge in [0.05, 0.1) is 11.5 Å². The van der Waals surface area contributed by atoms with Crippen LogP contribution in [-0.4, -0.2) is 10.0 Å². The summed E-state index contributed by atoms with van der Waals surface area (Å²) in [5.74, 6) is -2.80. The van der Waals surface area contributed by atoms with Crippen LogP contribution in [0.1, 0.15) is 5.56 Å². The van der Waals surface area contributed by atoms with Gasteiger partial charge in [-0.3, -0.25) is 10.1 Å². The van der Waals surface area contributed by atoms with Gasteiger partial charge in [0, 0.05) is 17.7 Å². The molecule has 0 amide bonds. The highest BCUT2D eigenvalue weighted by molar-refractivity contribution is 5.50. The molecule has 104 valence electrons. The average Bonchev–Trinajstić information content (AvgIpc) is 2.38. The van der Waals surface area contributed by atoms with E-state index in [2.05, 4.69) is 0 Å². The third-order valence-electron chi connectivity index (χ3n) is 2.54. The van der Waals surface area contributed by atoms with Crippen molar-refractivity contribution in [3.05, 3.63) is 63.7 Å². The van der Waals surface area contributed by atoms with E-state index in [1.807, 2.05) is 0 Å². The third-order valence-corrected chi connectivity index (χ3v) is 2.54. The number of nitro groups is 1. The van der Waals surface area contributed by atoms with Crippen LogP contribution in [0.3, 0.4) is 0 Å². The molecule has 0 fully saturated rings. The van der Waals surface area contributed by atoms with Gasteiger partial charge < -0.3 is 9.84 Å². The normalized spacial score (nSPS) is 10.3. The van der Waals surface area contributed by atoms with Gasteiger partial charge in [0.1, 0.15) is 11.6 Å². The summed E-state index contributed by atoms with van der Waals surface area (Å²) in [4.78, 5) is 9.82. The van der Waals surface area contributed by atoms with E-state index in [1.165, 1.54) is 12.1 Å². The predicted molar refractivity (Wildman–Crippen MR) is 65.5 cm³/mol. The van der Waals surface area contributed by atoms with E-state index >= 15 is 0 Å². The second-order valence-electron chi connectivity index (χ2n) is 3.86. The van der Waals surface area contributed by atoms with Gasteiger partial charge in [-0.05, 0) is 6.07 Å². The molecule has 0 saturated heterocycles. The van der Waals surface area contributed by atoms with Crippen LogP contribution in [-0.2, 0) is 6.61 Å². The Morgan fingerprint density at radius 3 is 2.55 bits per heavy atom. The zero-order valence-corrected chi connectivity index (χ0v) is 10.0. The molecule has 0 bridgehead atoms. The molecule has 20 heavy (non-hydrogen) atoms. The Hall–Kier alpha value is -2.54. The molecule has 2 aromatic rings. The number of ether oxygens (including phenoxy) is 1. The highest BCUT2D eigenvalue weighted by Gasteiger charge is 2.24. The highest BCUT2D eigenvalue weighted by Crippen LogP contribution is 2.35. The first-order valence-electron chi connectivity index (χ1n) is 5.53. The lowest BCUT2D eigenvalue weighted by Crippen LogP contribution is -1.99. The largest absolute Gasteiger partial charge is 0.450 e. The van der Waals surface area contributed by atoms with Gasteiger partial charge in [-0.1, -0.05) is 18.2 Å². The van der Waals surface area contributed by atoms with Crippen LogP contribution in [0.15, 0.2) is 36.4 Å². The summed E-state index contributed by atoms with van der Waals surface area (Å²) < 4.78 is 31.8. The molecule has 0 atom stereocenters. The Kier molecular flexibility index (Phi) is 3.90. The van der Waals surface area contributed by atoms with Crippen molar-refractivity contribution in [1.29, 1.82) is 0 Å². The van der Waals surface area contributed by atoms with E-state index in [4.69, 9.17) is 9.84 Å². The number of hydrogen-bond acceptors (Lipinski definition) is 4. The number of rotatable bonds is 4. The van der Waals surface area contributed by atoms with Crippen LogP contribution >= 0.6 is 0 Å². The summed E-state index contributed by atoms with van der Waals surface area (Å²) in [6, 6.07) is 7.27. The van der Waals surface area contributed by atoms with Crippen molar-refractivity contribution in [3.63, 3.8) is 0 Å². The fourth-order valence-electron chi connectivity index (χ4n) is 1.65. The summed E-state index contributed by atoms with van der Waals surface area (Å²) in [5.41, 5.74) is -0.620. The SMILES string of the molecule is O=[N+]([O-])c1c(F)cc(F)cc1Oc1ccccc1CO. The van der Waals surface area contributed by atoms with Gasteiger partial charge in [0.2, 0.25) is 11.6 Å². The van der Waals surface area contributed by atoms with E-state index < -0.39 is 28.0 Å². The monoisotopic (exact) mass is 281 g/mol. The number of benzene rings is 2. The van der Waals surface area contributed by atoms with E-state index in [9.17, 15) is 18.9 Å². The van der Waals surface area contributed by atoms with Crippen molar-refractivity contribution in [3.8, 4) is 11.5 Å². The fraction of sp³-hybridized carbons (Fsp3) is 0.0769. The summed E-state index contributed by atoms with van der Waals surface area (Å²) >= 11 is 0. The summed E-state index contributed by atoms with van der Waals surface area (Å²) in [7, 11) is 0. The second-order valence-corrected chi connectivity index (χ2v) is 3.86. The Morgan fingerprint density at radius 1 is 1.20 bits per heavy atom. The van der Waals surface area contributed by atoms with Crippen LogP contribution in [0, 0.1) is 21.7 Å².